The molecule has 1 N–H and O–H groups in total. The van der Waals surface area contributed by atoms with Crippen LogP contribution in [-0.4, -0.2) is 36.0 Å². The lowest BCUT2D eigenvalue weighted by atomic mass is 10.2. The fourth-order valence-corrected chi connectivity index (χ4v) is 2.76. The van der Waals surface area contributed by atoms with Gasteiger partial charge in [0, 0.05) is 25.2 Å². The van der Waals surface area contributed by atoms with Gasteiger partial charge in [0.15, 0.2) is 9.84 Å². The lowest BCUT2D eigenvalue weighted by molar-refractivity contribution is 0.459. The van der Waals surface area contributed by atoms with Gasteiger partial charge in [0.1, 0.15) is 5.82 Å². The van der Waals surface area contributed by atoms with Crippen molar-refractivity contribution in [2.75, 3.05) is 12.8 Å². The van der Waals surface area contributed by atoms with Gasteiger partial charge in [-0.2, -0.15) is 0 Å². The maximum absolute atomic E-state index is 11.8. The normalized spacial score (nSPS) is 15.4. The molecular formula is C13H25N3O2S. The average molecular weight is 287 g/mol. The Morgan fingerprint density at radius 2 is 2.05 bits per heavy atom. The van der Waals surface area contributed by atoms with Crippen molar-refractivity contribution in [1.82, 2.24) is 14.9 Å². The Balaban J connectivity index is 3.05. The van der Waals surface area contributed by atoms with Crippen LogP contribution >= 0.6 is 0 Å². The molecule has 0 saturated carbocycles. The van der Waals surface area contributed by atoms with Gasteiger partial charge in [-0.1, -0.05) is 13.8 Å². The van der Waals surface area contributed by atoms with E-state index in [0.717, 1.165) is 31.8 Å². The highest BCUT2D eigenvalue weighted by Crippen LogP contribution is 2.21. The molecule has 1 aromatic heterocycles. The highest BCUT2D eigenvalue weighted by molar-refractivity contribution is 7.91. The zero-order valence-corrected chi connectivity index (χ0v) is 13.1. The molecule has 0 aliphatic rings. The molecule has 0 amide bonds. The summed E-state index contributed by atoms with van der Waals surface area (Å²) in [6.45, 7) is 7.54. The molecule has 0 saturated heterocycles. The van der Waals surface area contributed by atoms with Crippen molar-refractivity contribution in [2.45, 2.75) is 51.4 Å². The van der Waals surface area contributed by atoms with Gasteiger partial charge < -0.3 is 9.88 Å². The first kappa shape index (κ1) is 16.2. The lowest BCUT2D eigenvalue weighted by Crippen LogP contribution is -2.37. The number of hydrogen-bond acceptors (Lipinski definition) is 4. The molecule has 110 valence electrons. The van der Waals surface area contributed by atoms with Crippen LogP contribution in [0.2, 0.25) is 0 Å². The summed E-state index contributed by atoms with van der Waals surface area (Å²) >= 11 is 0. The number of nitrogens with zero attached hydrogens (tertiary/aromatic N) is 2. The second-order valence-corrected chi connectivity index (χ2v) is 7.35. The molecule has 0 radical (unpaired) electrons. The van der Waals surface area contributed by atoms with Crippen molar-refractivity contribution in [1.29, 1.82) is 0 Å². The van der Waals surface area contributed by atoms with Gasteiger partial charge in [-0.05, 0) is 26.3 Å². The predicted octanol–water partition coefficient (Wildman–Crippen LogP) is 1.77. The van der Waals surface area contributed by atoms with Gasteiger partial charge in [-0.3, -0.25) is 0 Å². The van der Waals surface area contributed by atoms with Crippen molar-refractivity contribution in [3.05, 3.63) is 18.2 Å². The van der Waals surface area contributed by atoms with Gasteiger partial charge in [0.05, 0.1) is 11.3 Å². The standard InChI is InChI=1S/C13H25N3O2S/c1-5-7-14-12(11(3)19(4,17)18)13-15-8-10-16(13)9-6-2/h8,10-12,14H,5-7,9H2,1-4H3. The SMILES string of the molecule is CCCNC(c1nccn1CCC)C(C)S(C)(=O)=O. The zero-order chi connectivity index (χ0) is 14.5. The number of nitrogens with one attached hydrogen (secondary N) is 1. The molecule has 0 fully saturated rings. The van der Waals surface area contributed by atoms with Crippen LogP contribution in [0.1, 0.15) is 45.5 Å². The molecule has 0 aliphatic carbocycles. The van der Waals surface area contributed by atoms with Gasteiger partial charge in [0.2, 0.25) is 0 Å². The topological polar surface area (TPSA) is 64.0 Å². The molecule has 5 nitrogen and oxygen atoms in total. The van der Waals surface area contributed by atoms with E-state index in [1.54, 1.807) is 13.1 Å². The second-order valence-electron chi connectivity index (χ2n) is 4.95. The van der Waals surface area contributed by atoms with Crippen LogP contribution in [0.5, 0.6) is 0 Å². The molecule has 1 heterocycles. The Morgan fingerprint density at radius 3 is 2.58 bits per heavy atom. The average Bonchev–Trinajstić information content (AvgIpc) is 2.77. The van der Waals surface area contributed by atoms with Crippen LogP contribution in [0.15, 0.2) is 12.4 Å². The number of aryl methyl sites for hydroxylation is 1. The van der Waals surface area contributed by atoms with Gasteiger partial charge in [0.25, 0.3) is 0 Å². The number of imidazole rings is 1. The van der Waals surface area contributed by atoms with Gasteiger partial charge in [-0.15, -0.1) is 0 Å². The van der Waals surface area contributed by atoms with E-state index < -0.39 is 15.1 Å². The molecule has 6 heteroatoms. The summed E-state index contributed by atoms with van der Waals surface area (Å²) in [5.74, 6) is 0.813. The van der Waals surface area contributed by atoms with Crippen molar-refractivity contribution in [3.63, 3.8) is 0 Å². The van der Waals surface area contributed by atoms with Crippen molar-refractivity contribution in [3.8, 4) is 0 Å². The molecule has 1 aromatic rings. The summed E-state index contributed by atoms with van der Waals surface area (Å²) in [5, 5.41) is 2.83. The predicted molar refractivity (Wildman–Crippen MR) is 77.9 cm³/mol. The highest BCUT2D eigenvalue weighted by Gasteiger charge is 2.29. The Kier molecular flexibility index (Phi) is 6.00. The highest BCUT2D eigenvalue weighted by atomic mass is 32.2. The molecule has 0 aliphatic heterocycles. The van der Waals surface area contributed by atoms with Crippen molar-refractivity contribution >= 4 is 9.84 Å². The minimum Gasteiger partial charge on any atom is -0.334 e. The summed E-state index contributed by atoms with van der Waals surface area (Å²) in [6.07, 6.45) is 6.89. The minimum atomic E-state index is -3.11. The minimum absolute atomic E-state index is 0.253. The van der Waals surface area contributed by atoms with Crippen LogP contribution < -0.4 is 5.32 Å². The molecule has 2 atom stereocenters. The molecule has 0 bridgehead atoms. The van der Waals surface area contributed by atoms with Crippen LogP contribution in [0.4, 0.5) is 0 Å². The first-order valence-electron chi connectivity index (χ1n) is 6.85. The van der Waals surface area contributed by atoms with E-state index in [2.05, 4.69) is 24.1 Å². The summed E-state index contributed by atoms with van der Waals surface area (Å²) in [5.41, 5.74) is 0. The molecule has 2 unspecified atom stereocenters. The van der Waals surface area contributed by atoms with Crippen molar-refractivity contribution in [2.24, 2.45) is 0 Å². The van der Waals surface area contributed by atoms with Crippen LogP contribution in [-0.2, 0) is 16.4 Å². The summed E-state index contributed by atoms with van der Waals surface area (Å²) < 4.78 is 25.7. The third-order valence-electron chi connectivity index (χ3n) is 3.25. The van der Waals surface area contributed by atoms with Crippen molar-refractivity contribution < 1.29 is 8.42 Å². The molecule has 19 heavy (non-hydrogen) atoms. The van der Waals surface area contributed by atoms with Gasteiger partial charge >= 0.3 is 0 Å². The fraction of sp³-hybridized carbons (Fsp3) is 0.769. The molecule has 1 rings (SSSR count). The monoisotopic (exact) mass is 287 g/mol. The quantitative estimate of drug-likeness (QED) is 0.791. The van der Waals surface area contributed by atoms with E-state index >= 15 is 0 Å². The van der Waals surface area contributed by atoms with Crippen LogP contribution in [0.25, 0.3) is 0 Å². The summed E-state index contributed by atoms with van der Waals surface area (Å²) in [7, 11) is -3.11. The van der Waals surface area contributed by atoms with E-state index in [-0.39, 0.29) is 6.04 Å². The van der Waals surface area contributed by atoms with E-state index in [4.69, 9.17) is 0 Å². The number of sulfone groups is 1. The lowest BCUT2D eigenvalue weighted by Gasteiger charge is -2.24. The summed E-state index contributed by atoms with van der Waals surface area (Å²) in [4.78, 5) is 4.36. The van der Waals surface area contributed by atoms with Gasteiger partial charge in [-0.25, -0.2) is 13.4 Å². The van der Waals surface area contributed by atoms with E-state index in [1.165, 1.54) is 6.26 Å². The smallest absolute Gasteiger partial charge is 0.152 e. The second kappa shape index (κ2) is 7.05. The third kappa shape index (κ3) is 4.31. The molecule has 0 aromatic carbocycles. The maximum atomic E-state index is 11.8. The molecular weight excluding hydrogens is 262 g/mol. The number of rotatable bonds is 8. The Bertz CT molecular complexity index is 482. The van der Waals surface area contributed by atoms with E-state index in [9.17, 15) is 8.42 Å². The first-order chi connectivity index (χ1) is 8.91. The fourth-order valence-electron chi connectivity index (χ4n) is 2.04. The largest absolute Gasteiger partial charge is 0.334 e. The zero-order valence-electron chi connectivity index (χ0n) is 12.3. The summed E-state index contributed by atoms with van der Waals surface area (Å²) in [6, 6.07) is -0.253. The Hall–Kier alpha value is -0.880. The van der Waals surface area contributed by atoms with E-state index in [0.29, 0.717) is 0 Å². The number of aromatic nitrogens is 2. The van der Waals surface area contributed by atoms with Crippen LogP contribution in [0.3, 0.4) is 0 Å². The molecule has 0 spiro atoms. The maximum Gasteiger partial charge on any atom is 0.152 e. The van der Waals surface area contributed by atoms with Crippen LogP contribution in [0, 0.1) is 0 Å². The Labute approximate surface area is 116 Å². The van der Waals surface area contributed by atoms with E-state index in [1.807, 2.05) is 10.8 Å². The Morgan fingerprint density at radius 1 is 1.37 bits per heavy atom. The first-order valence-corrected chi connectivity index (χ1v) is 8.80. The third-order valence-corrected chi connectivity index (χ3v) is 4.87. The number of hydrogen-bond donors (Lipinski definition) is 1.